The summed E-state index contributed by atoms with van der Waals surface area (Å²) in [5.74, 6) is 2.74. The smallest absolute Gasteiger partial charge is 0.139 e. The minimum atomic E-state index is 0.0732. The molecule has 0 bridgehead atoms. The maximum absolute atomic E-state index is 12.1. The van der Waals surface area contributed by atoms with Crippen LogP contribution in [0.1, 0.15) is 33.4 Å². The van der Waals surface area contributed by atoms with Gasteiger partial charge in [0.25, 0.3) is 0 Å². The number of benzene rings is 13. The number of fused-ring (bicyclic) bond motifs is 5. The maximum Gasteiger partial charge on any atom is 0.139 e. The minimum absolute atomic E-state index is 0.0732. The molecule has 12 aromatic heterocycles. The van der Waals surface area contributed by atoms with Gasteiger partial charge in [-0.3, -0.25) is 0 Å². The molecule has 20 heteroatoms. The summed E-state index contributed by atoms with van der Waals surface area (Å²) in [5, 5.41) is 90.1. The fourth-order valence-corrected chi connectivity index (χ4v) is 19.6. The highest BCUT2D eigenvalue weighted by Gasteiger charge is 2.29. The van der Waals surface area contributed by atoms with Gasteiger partial charge in [0.2, 0.25) is 0 Å². The van der Waals surface area contributed by atoms with Crippen molar-refractivity contribution < 1.29 is 48.3 Å². The van der Waals surface area contributed by atoms with Gasteiger partial charge in [-0.05, 0) is 326 Å². The number of hydrogen-bond acceptors (Lipinski definition) is 20. The van der Waals surface area contributed by atoms with Crippen LogP contribution in [-0.4, -0.2) is 80.9 Å². The fraction of sp³-hybridized carbons (Fsp3) is 0.0462. The lowest BCUT2D eigenvalue weighted by molar-refractivity contribution is 0.475. The van der Waals surface area contributed by atoms with Gasteiger partial charge in [-0.15, -0.1) is 0 Å². The lowest BCUT2D eigenvalue weighted by Crippen LogP contribution is -1.97. The summed E-state index contributed by atoms with van der Waals surface area (Å²) >= 11 is 0. The summed E-state index contributed by atoms with van der Waals surface area (Å²) in [5.41, 5.74) is 30.5. The molecular formula is C130H92N10O10. The average molecular weight is 1950 g/mol. The number of nitrogens with zero attached hydrogens (tertiary/aromatic N) is 10. The number of aromatic hydroxyl groups is 6. The van der Waals surface area contributed by atoms with Crippen LogP contribution >= 0.6 is 0 Å². The van der Waals surface area contributed by atoms with Gasteiger partial charge in [-0.2, -0.15) is 20.4 Å². The third-order valence-corrected chi connectivity index (χ3v) is 26.6. The summed E-state index contributed by atoms with van der Waals surface area (Å²) < 4.78 is 23.9. The molecule has 20 nitrogen and oxygen atoms in total. The first-order chi connectivity index (χ1) is 73.2. The van der Waals surface area contributed by atoms with Crippen molar-refractivity contribution in [3.05, 3.63) is 447 Å². The molecule has 0 atom stereocenters. The van der Waals surface area contributed by atoms with Crippen LogP contribution in [0.15, 0.2) is 431 Å². The molecule has 722 valence electrons. The van der Waals surface area contributed by atoms with E-state index in [1.54, 1.807) is 49.2 Å². The predicted molar refractivity (Wildman–Crippen MR) is 593 cm³/mol. The molecule has 0 aliphatic rings. The SMILES string of the molecule is Cc1cc(-c2cc(-c3ccccc3)c3ccc4c(-c5ccccc5)cc(-c5cc(C)cc(-c6cc7ccccc7o6)c5O)nc4c3n2)c(O)c(-c2cc3ccccc3o2)c1.Cc1cc(-c2cc(C)cc(-c3cc(C)cc(-c4cccnn4)c3O)n2)nc(-c2cc(C)cc(-c3cccnn3)c2O)c1.Oc1c(-c2cccc(-c3cccc(-c4cc(-c5ccccc5)cc(-c5ccco5)c4O)n3)n2)cc(-c2ccccc2)cc1-c1ccco1. The van der Waals surface area contributed by atoms with Gasteiger partial charge in [0.05, 0.1) is 114 Å². The lowest BCUT2D eigenvalue weighted by atomic mass is 9.92. The molecule has 0 aliphatic heterocycles. The average Bonchev–Trinajstić information content (AvgIpc) is 0.890. The first kappa shape index (κ1) is 93.5. The van der Waals surface area contributed by atoms with Crippen molar-refractivity contribution in [1.29, 1.82) is 0 Å². The number of pyridine rings is 6. The molecule has 0 fully saturated rings. The number of aryl methyl sites for hydroxylation is 6. The Labute approximate surface area is 862 Å². The van der Waals surface area contributed by atoms with Crippen LogP contribution in [0, 0.1) is 41.5 Å². The second kappa shape index (κ2) is 39.9. The minimum Gasteiger partial charge on any atom is -0.507 e. The number of phenols is 6. The Morgan fingerprint density at radius 3 is 0.827 bits per heavy atom. The van der Waals surface area contributed by atoms with E-state index in [0.717, 1.165) is 111 Å². The Bertz CT molecular complexity index is 8850. The van der Waals surface area contributed by atoms with Crippen LogP contribution in [0.25, 0.3) is 246 Å². The van der Waals surface area contributed by atoms with Gasteiger partial charge >= 0.3 is 0 Å². The normalized spacial score (nSPS) is 11.3. The van der Waals surface area contributed by atoms with Crippen LogP contribution < -0.4 is 0 Å². The molecule has 0 saturated heterocycles. The predicted octanol–water partition coefficient (Wildman–Crippen LogP) is 32.1. The second-order valence-corrected chi connectivity index (χ2v) is 37.2. The summed E-state index contributed by atoms with van der Waals surface area (Å²) in [6.07, 6.45) is 6.38. The molecule has 0 spiro atoms. The fourth-order valence-electron chi connectivity index (χ4n) is 19.6. The zero-order valence-electron chi connectivity index (χ0n) is 82.0. The van der Waals surface area contributed by atoms with E-state index in [-0.39, 0.29) is 34.5 Å². The molecule has 150 heavy (non-hydrogen) atoms. The van der Waals surface area contributed by atoms with Gasteiger partial charge in [0, 0.05) is 78.4 Å². The number of furan rings is 4. The number of hydrogen-bond donors (Lipinski definition) is 6. The van der Waals surface area contributed by atoms with Gasteiger partial charge < -0.3 is 48.3 Å². The highest BCUT2D eigenvalue weighted by atomic mass is 16.3. The van der Waals surface area contributed by atoms with E-state index in [2.05, 4.69) is 56.8 Å². The Balaban J connectivity index is 0.000000126. The van der Waals surface area contributed by atoms with Gasteiger partial charge in [0.1, 0.15) is 68.7 Å². The first-order valence-electron chi connectivity index (χ1n) is 48.9. The summed E-state index contributed by atoms with van der Waals surface area (Å²) in [7, 11) is 0. The molecule has 13 aromatic carbocycles. The van der Waals surface area contributed by atoms with E-state index in [9.17, 15) is 30.6 Å². The topological polar surface area (TPSA) is 303 Å². The van der Waals surface area contributed by atoms with Crippen LogP contribution in [-0.2, 0) is 0 Å². The van der Waals surface area contributed by atoms with Crippen LogP contribution in [0.2, 0.25) is 0 Å². The van der Waals surface area contributed by atoms with E-state index in [4.69, 9.17) is 47.6 Å². The Kier molecular flexibility index (Phi) is 24.9. The maximum atomic E-state index is 12.1. The van der Waals surface area contributed by atoms with Crippen LogP contribution in [0.4, 0.5) is 0 Å². The van der Waals surface area contributed by atoms with E-state index < -0.39 is 0 Å². The highest BCUT2D eigenvalue weighted by molar-refractivity contribution is 6.14. The molecule has 0 saturated carbocycles. The molecule has 6 N–H and O–H groups in total. The van der Waals surface area contributed by atoms with E-state index in [1.165, 1.54) is 0 Å². The summed E-state index contributed by atoms with van der Waals surface area (Å²) in [6.45, 7) is 11.9. The monoisotopic (exact) mass is 1950 g/mol. The Morgan fingerprint density at radius 1 is 0.187 bits per heavy atom. The Morgan fingerprint density at radius 2 is 0.473 bits per heavy atom. The molecule has 0 radical (unpaired) electrons. The van der Waals surface area contributed by atoms with Crippen molar-refractivity contribution in [2.45, 2.75) is 41.5 Å². The van der Waals surface area contributed by atoms with Gasteiger partial charge in [0.15, 0.2) is 0 Å². The molecule has 25 aromatic rings. The van der Waals surface area contributed by atoms with Crippen LogP contribution in [0.5, 0.6) is 34.5 Å². The second-order valence-electron chi connectivity index (χ2n) is 37.2. The zero-order chi connectivity index (χ0) is 102. The number of rotatable bonds is 18. The van der Waals surface area contributed by atoms with Crippen molar-refractivity contribution in [3.8, 4) is 237 Å². The molecule has 25 rings (SSSR count). The molecule has 0 unspecified atom stereocenters. The Hall–Kier alpha value is -20.1. The number of phenolic OH excluding ortho intramolecular Hbond substituents is 6. The first-order valence-corrected chi connectivity index (χ1v) is 48.9. The van der Waals surface area contributed by atoms with Crippen molar-refractivity contribution in [3.63, 3.8) is 0 Å². The van der Waals surface area contributed by atoms with Crippen molar-refractivity contribution in [1.82, 2.24) is 50.3 Å². The van der Waals surface area contributed by atoms with Crippen molar-refractivity contribution in [2.24, 2.45) is 0 Å². The molecule has 0 amide bonds. The van der Waals surface area contributed by atoms with Gasteiger partial charge in [-0.25, -0.2) is 29.9 Å². The van der Waals surface area contributed by atoms with Crippen LogP contribution in [0.3, 0.4) is 0 Å². The van der Waals surface area contributed by atoms with Crippen molar-refractivity contribution in [2.75, 3.05) is 0 Å². The standard InChI is InChI=1S/C54H36N2O4.C42H28N2O4.C34H28N6O2/c1-31-23-41(53(57)43(25-31)49-27-35-17-9-11-19-47(35)59-49)45-29-39(33-13-5-3-6-14-33)37-21-22-38-40(34-15-7-4-8-16-34)30-46(56-52(38)51(37)55-45)42-24-32(2)26-44(54(42)58)50-28-36-18-10-12-20-48(36)60-50;45-41-31(23-29(27-11-3-1-4-12-27)25-33(41)39-19-9-21-47-39)35-15-7-17-37(43-35)38-18-8-16-36(44-38)32-24-30(28-13-5-2-6-14-28)26-34(42(32)46)40-20-10-22-48-40;1-19-11-23(27-7-5-9-35-39-27)33(41)25(13-19)29-15-21(3)17-31(37-29)32-18-22(4)16-30(38-32)26-14-20(2)12-24(34(26)42)28-8-6-10-36-40-28/h3-30,57-58H,1-2H3;1-26,45-46H;5-18,41-42H,1-4H3. The quantitative estimate of drug-likeness (QED) is 0.0435. The van der Waals surface area contributed by atoms with E-state index >= 15 is 0 Å². The van der Waals surface area contributed by atoms with E-state index in [0.29, 0.717) is 169 Å². The van der Waals surface area contributed by atoms with Gasteiger partial charge in [-0.1, -0.05) is 182 Å². The third-order valence-electron chi connectivity index (χ3n) is 26.6. The lowest BCUT2D eigenvalue weighted by Gasteiger charge is -2.17. The van der Waals surface area contributed by atoms with Crippen molar-refractivity contribution >= 4 is 43.7 Å². The third kappa shape index (κ3) is 18.6. The zero-order valence-corrected chi connectivity index (χ0v) is 82.0. The number of aromatic nitrogens is 10. The summed E-state index contributed by atoms with van der Waals surface area (Å²) in [6, 6.07) is 125. The molecule has 12 heterocycles. The van der Waals surface area contributed by atoms with E-state index in [1.807, 2.05) is 369 Å². The molecule has 0 aliphatic carbocycles. The summed E-state index contributed by atoms with van der Waals surface area (Å²) in [4.78, 5) is 30.7. The highest BCUT2D eigenvalue weighted by Crippen LogP contribution is 2.51. The number of para-hydroxylation sites is 2. The molecular weight excluding hydrogens is 1860 g/mol. The largest absolute Gasteiger partial charge is 0.507 e.